The first-order valence-corrected chi connectivity index (χ1v) is 9.37. The first-order chi connectivity index (χ1) is 10.7. The molecular weight excluding hydrogens is 288 g/mol. The maximum Gasteiger partial charge on any atom is 0.241 e. The number of rotatable bonds is 3. The highest BCUT2D eigenvalue weighted by Gasteiger charge is 2.70. The number of nitrogens with one attached hydrogen (secondary N) is 1. The highest BCUT2D eigenvalue weighted by atomic mass is 16.5. The van der Waals surface area contributed by atoms with E-state index in [2.05, 4.69) is 33.0 Å². The third kappa shape index (κ3) is 2.72. The van der Waals surface area contributed by atoms with Gasteiger partial charge in [-0.3, -0.25) is 4.79 Å². The lowest BCUT2D eigenvalue weighted by Crippen LogP contribution is -2.82. The van der Waals surface area contributed by atoms with Gasteiger partial charge in [-0.05, 0) is 49.9 Å². The zero-order chi connectivity index (χ0) is 16.9. The molecule has 3 N–H and O–H groups in total. The molecule has 0 aromatic rings. The number of hydrogen-bond donors (Lipinski definition) is 2. The van der Waals surface area contributed by atoms with Gasteiger partial charge in [-0.2, -0.15) is 0 Å². The summed E-state index contributed by atoms with van der Waals surface area (Å²) >= 11 is 0. The van der Waals surface area contributed by atoms with E-state index in [0.29, 0.717) is 11.3 Å². The van der Waals surface area contributed by atoms with Crippen LogP contribution in [0.1, 0.15) is 66.2 Å². The van der Waals surface area contributed by atoms with Crippen molar-refractivity contribution in [2.75, 3.05) is 13.2 Å². The zero-order valence-electron chi connectivity index (χ0n) is 15.3. The third-order valence-electron chi connectivity index (χ3n) is 7.07. The number of fused-ring (bicyclic) bond motifs is 1. The molecule has 0 bridgehead atoms. The fraction of sp³-hybridized carbons (Fsp3) is 0.947. The molecular formula is C19H34N2O2. The van der Waals surface area contributed by atoms with E-state index in [4.69, 9.17) is 10.5 Å². The monoisotopic (exact) mass is 322 g/mol. The number of hydrogen-bond acceptors (Lipinski definition) is 3. The normalized spacial score (nSPS) is 39.2. The minimum Gasteiger partial charge on any atom is -0.377 e. The fourth-order valence-corrected chi connectivity index (χ4v) is 5.08. The van der Waals surface area contributed by atoms with Crippen molar-refractivity contribution in [2.45, 2.75) is 77.9 Å². The van der Waals surface area contributed by atoms with Gasteiger partial charge >= 0.3 is 0 Å². The Morgan fingerprint density at radius 3 is 2.48 bits per heavy atom. The smallest absolute Gasteiger partial charge is 0.241 e. The molecule has 3 fully saturated rings. The van der Waals surface area contributed by atoms with Gasteiger partial charge in [0.15, 0.2) is 0 Å². The highest BCUT2D eigenvalue weighted by molar-refractivity contribution is 5.89. The highest BCUT2D eigenvalue weighted by Crippen LogP contribution is 2.57. The van der Waals surface area contributed by atoms with Crippen molar-refractivity contribution in [2.24, 2.45) is 28.4 Å². The Bertz CT molecular complexity index is 464. The summed E-state index contributed by atoms with van der Waals surface area (Å²) in [5, 5.41) is 3.19. The molecule has 3 unspecified atom stereocenters. The van der Waals surface area contributed by atoms with Crippen LogP contribution in [0.3, 0.4) is 0 Å². The van der Waals surface area contributed by atoms with E-state index in [1.54, 1.807) is 0 Å². The minimum absolute atomic E-state index is 0.0408. The molecule has 2 saturated carbocycles. The Hall–Kier alpha value is -0.610. The van der Waals surface area contributed by atoms with Crippen LogP contribution in [0.25, 0.3) is 0 Å². The van der Waals surface area contributed by atoms with E-state index in [1.807, 2.05) is 0 Å². The van der Waals surface area contributed by atoms with Gasteiger partial charge in [-0.25, -0.2) is 0 Å². The predicted octanol–water partition coefficient (Wildman–Crippen LogP) is 2.85. The van der Waals surface area contributed by atoms with Crippen LogP contribution in [0.5, 0.6) is 0 Å². The summed E-state index contributed by atoms with van der Waals surface area (Å²) in [5.41, 5.74) is 6.06. The van der Waals surface area contributed by atoms with Crippen molar-refractivity contribution in [3.8, 4) is 0 Å². The van der Waals surface area contributed by atoms with Gasteiger partial charge in [-0.15, -0.1) is 0 Å². The van der Waals surface area contributed by atoms with Crippen molar-refractivity contribution in [3.05, 3.63) is 0 Å². The van der Waals surface area contributed by atoms with E-state index >= 15 is 0 Å². The summed E-state index contributed by atoms with van der Waals surface area (Å²) < 4.78 is 5.90. The van der Waals surface area contributed by atoms with Crippen LogP contribution in [0.15, 0.2) is 0 Å². The Morgan fingerprint density at radius 2 is 1.83 bits per heavy atom. The van der Waals surface area contributed by atoms with Crippen LogP contribution in [0, 0.1) is 22.7 Å². The number of carbonyl (C=O) groups excluding carboxylic acids is 1. The van der Waals surface area contributed by atoms with E-state index in [-0.39, 0.29) is 23.3 Å². The summed E-state index contributed by atoms with van der Waals surface area (Å²) in [6.07, 6.45) is 7.10. The predicted molar refractivity (Wildman–Crippen MR) is 91.9 cm³/mol. The Kier molecular flexibility index (Phi) is 4.29. The number of carbonyl (C=O) groups is 1. The fourth-order valence-electron chi connectivity index (χ4n) is 5.08. The lowest BCUT2D eigenvalue weighted by molar-refractivity contribution is -0.225. The molecule has 1 aliphatic heterocycles. The van der Waals surface area contributed by atoms with E-state index in [9.17, 15) is 4.79 Å². The van der Waals surface area contributed by atoms with Crippen molar-refractivity contribution in [1.29, 1.82) is 0 Å². The molecule has 1 amide bonds. The summed E-state index contributed by atoms with van der Waals surface area (Å²) in [4.78, 5) is 12.9. The van der Waals surface area contributed by atoms with Crippen LogP contribution in [-0.4, -0.2) is 30.7 Å². The van der Waals surface area contributed by atoms with Crippen molar-refractivity contribution < 1.29 is 9.53 Å². The molecule has 4 nitrogen and oxygen atoms in total. The molecule has 1 heterocycles. The third-order valence-corrected chi connectivity index (χ3v) is 7.07. The van der Waals surface area contributed by atoms with E-state index < -0.39 is 5.54 Å². The van der Waals surface area contributed by atoms with Gasteiger partial charge in [0.25, 0.3) is 0 Å². The molecule has 23 heavy (non-hydrogen) atoms. The molecule has 2 aliphatic carbocycles. The van der Waals surface area contributed by atoms with Crippen molar-refractivity contribution in [3.63, 3.8) is 0 Å². The molecule has 1 saturated heterocycles. The molecule has 0 spiro atoms. The lowest BCUT2D eigenvalue weighted by atomic mass is 9.46. The topological polar surface area (TPSA) is 64.4 Å². The van der Waals surface area contributed by atoms with Crippen molar-refractivity contribution in [1.82, 2.24) is 5.32 Å². The molecule has 0 radical (unpaired) electrons. The second-order valence-electron chi connectivity index (χ2n) is 9.45. The van der Waals surface area contributed by atoms with Crippen LogP contribution >= 0.6 is 0 Å². The zero-order valence-corrected chi connectivity index (χ0v) is 15.3. The standard InChI is InChI=1S/C19H34N2O2/c1-17(2)9-7-13(8-10-17)12-21-16(22)19(20)14-6-5-11-23-15(14)18(19,3)4/h13-15H,5-12,20H2,1-4H3,(H,21,22). The van der Waals surface area contributed by atoms with Crippen LogP contribution in [0.2, 0.25) is 0 Å². The van der Waals surface area contributed by atoms with Gasteiger partial charge in [0.2, 0.25) is 5.91 Å². The summed E-state index contributed by atoms with van der Waals surface area (Å²) in [6, 6.07) is 0. The molecule has 4 heteroatoms. The SMILES string of the molecule is CC1(C)CCC(CNC(=O)C2(N)C3CCCOC3C2(C)C)CC1. The van der Waals surface area contributed by atoms with E-state index in [1.165, 1.54) is 25.7 Å². The summed E-state index contributed by atoms with van der Waals surface area (Å²) in [7, 11) is 0. The molecule has 0 aromatic carbocycles. The number of ether oxygens (including phenoxy) is 1. The van der Waals surface area contributed by atoms with Gasteiger partial charge in [0.1, 0.15) is 5.54 Å². The van der Waals surface area contributed by atoms with Gasteiger partial charge < -0.3 is 15.8 Å². The number of amides is 1. The first kappa shape index (κ1) is 17.2. The van der Waals surface area contributed by atoms with Gasteiger partial charge in [0, 0.05) is 24.5 Å². The minimum atomic E-state index is -0.772. The lowest BCUT2D eigenvalue weighted by Gasteiger charge is -2.65. The second kappa shape index (κ2) is 5.73. The van der Waals surface area contributed by atoms with Crippen molar-refractivity contribution >= 4 is 5.91 Å². The molecule has 3 atom stereocenters. The maximum absolute atomic E-state index is 12.9. The average Bonchev–Trinajstić information content (AvgIpc) is 2.52. The Balaban J connectivity index is 1.58. The molecule has 3 aliphatic rings. The average molecular weight is 322 g/mol. The molecule has 0 aromatic heterocycles. The Labute approximate surface area is 140 Å². The number of nitrogens with two attached hydrogens (primary N) is 1. The van der Waals surface area contributed by atoms with Crippen LogP contribution in [-0.2, 0) is 9.53 Å². The molecule has 132 valence electrons. The van der Waals surface area contributed by atoms with E-state index in [0.717, 1.165) is 26.0 Å². The first-order valence-electron chi connectivity index (χ1n) is 9.37. The summed E-state index contributed by atoms with van der Waals surface area (Å²) in [5.74, 6) is 0.827. The Morgan fingerprint density at radius 1 is 1.17 bits per heavy atom. The summed E-state index contributed by atoms with van der Waals surface area (Å²) in [6.45, 7) is 10.4. The quantitative estimate of drug-likeness (QED) is 0.840. The maximum atomic E-state index is 12.9. The van der Waals surface area contributed by atoms with Gasteiger partial charge in [0.05, 0.1) is 6.10 Å². The van der Waals surface area contributed by atoms with Gasteiger partial charge in [-0.1, -0.05) is 27.7 Å². The molecule has 3 rings (SSSR count). The second-order valence-corrected chi connectivity index (χ2v) is 9.45. The van der Waals surface area contributed by atoms with Crippen LogP contribution < -0.4 is 11.1 Å². The largest absolute Gasteiger partial charge is 0.377 e. The van der Waals surface area contributed by atoms with Crippen LogP contribution in [0.4, 0.5) is 0 Å².